The van der Waals surface area contributed by atoms with Gasteiger partial charge in [-0.1, -0.05) is 6.07 Å². The number of nitrogens with zero attached hydrogens (tertiary/aromatic N) is 1. The second-order valence-corrected chi connectivity index (χ2v) is 4.15. The lowest BCUT2D eigenvalue weighted by Crippen LogP contribution is -2.40. The number of benzene rings is 1. The van der Waals surface area contributed by atoms with Crippen LogP contribution < -0.4 is 4.74 Å². The topological polar surface area (TPSA) is 66.8 Å². The predicted molar refractivity (Wildman–Crippen MR) is 66.8 cm³/mol. The molecule has 0 saturated carbocycles. The van der Waals surface area contributed by atoms with E-state index < -0.39 is 5.97 Å². The molecule has 1 N–H and O–H groups in total. The molecule has 1 rings (SSSR count). The molecule has 0 unspecified atom stereocenters. The minimum atomic E-state index is -1.03. The zero-order valence-electron chi connectivity index (χ0n) is 10.7. The normalized spacial score (nSPS) is 10.2. The van der Waals surface area contributed by atoms with Gasteiger partial charge in [0.25, 0.3) is 5.91 Å². The van der Waals surface area contributed by atoms with Crippen LogP contribution in [0.25, 0.3) is 0 Å². The van der Waals surface area contributed by atoms with Crippen LogP contribution in [-0.4, -0.2) is 41.6 Å². The highest BCUT2D eigenvalue weighted by atomic mass is 16.5. The van der Waals surface area contributed by atoms with Crippen LogP contribution in [0.5, 0.6) is 5.75 Å². The van der Waals surface area contributed by atoms with Crippen molar-refractivity contribution in [2.24, 2.45) is 0 Å². The van der Waals surface area contributed by atoms with E-state index in [9.17, 15) is 9.59 Å². The number of carbonyl (C=O) groups excluding carboxylic acids is 1. The number of carboxylic acid groups (broad SMARTS) is 1. The quantitative estimate of drug-likeness (QED) is 0.863. The van der Waals surface area contributed by atoms with Gasteiger partial charge < -0.3 is 14.7 Å². The van der Waals surface area contributed by atoms with Gasteiger partial charge in [-0.25, -0.2) is 0 Å². The highest BCUT2D eigenvalue weighted by Gasteiger charge is 2.21. The van der Waals surface area contributed by atoms with Crippen molar-refractivity contribution < 1.29 is 19.4 Å². The molecule has 5 nitrogen and oxygen atoms in total. The standard InChI is InChI=1S/C13H17NO4/c1-9(2)14(8-12(15)16)13(17)10-5-4-6-11(7-10)18-3/h4-7,9H,8H2,1-3H3,(H,15,16). The van der Waals surface area contributed by atoms with E-state index in [2.05, 4.69) is 0 Å². The van der Waals surface area contributed by atoms with Gasteiger partial charge in [0.2, 0.25) is 0 Å². The lowest BCUT2D eigenvalue weighted by molar-refractivity contribution is -0.138. The summed E-state index contributed by atoms with van der Waals surface area (Å²) in [5.41, 5.74) is 0.421. The fourth-order valence-electron chi connectivity index (χ4n) is 1.56. The Balaban J connectivity index is 2.97. The summed E-state index contributed by atoms with van der Waals surface area (Å²) in [4.78, 5) is 24.3. The third kappa shape index (κ3) is 3.48. The molecular formula is C13H17NO4. The van der Waals surface area contributed by atoms with Gasteiger partial charge in [0, 0.05) is 11.6 Å². The Morgan fingerprint density at radius 3 is 2.56 bits per heavy atom. The third-order valence-corrected chi connectivity index (χ3v) is 2.51. The molecule has 0 aliphatic heterocycles. The number of ether oxygens (including phenoxy) is 1. The molecule has 0 heterocycles. The van der Waals surface area contributed by atoms with Gasteiger partial charge >= 0.3 is 5.97 Å². The Kier molecular flexibility index (Phi) is 4.71. The van der Waals surface area contributed by atoms with Crippen molar-refractivity contribution in [1.82, 2.24) is 4.90 Å². The van der Waals surface area contributed by atoms with E-state index >= 15 is 0 Å². The van der Waals surface area contributed by atoms with E-state index in [0.29, 0.717) is 11.3 Å². The van der Waals surface area contributed by atoms with Gasteiger partial charge in [-0.3, -0.25) is 9.59 Å². The Bertz CT molecular complexity index is 442. The number of rotatable bonds is 5. The Morgan fingerprint density at radius 1 is 1.39 bits per heavy atom. The highest BCUT2D eigenvalue weighted by molar-refractivity contribution is 5.96. The predicted octanol–water partition coefficient (Wildman–Crippen LogP) is 1.63. The Morgan fingerprint density at radius 2 is 2.06 bits per heavy atom. The van der Waals surface area contributed by atoms with Gasteiger partial charge in [-0.2, -0.15) is 0 Å². The summed E-state index contributed by atoms with van der Waals surface area (Å²) in [7, 11) is 1.51. The average Bonchev–Trinajstić information content (AvgIpc) is 2.34. The lowest BCUT2D eigenvalue weighted by atomic mass is 10.1. The van der Waals surface area contributed by atoms with Crippen molar-refractivity contribution >= 4 is 11.9 Å². The zero-order valence-corrected chi connectivity index (χ0v) is 10.7. The van der Waals surface area contributed by atoms with Gasteiger partial charge in [0.1, 0.15) is 12.3 Å². The number of aliphatic carboxylic acids is 1. The van der Waals surface area contributed by atoms with Crippen molar-refractivity contribution in [1.29, 1.82) is 0 Å². The molecular weight excluding hydrogens is 234 g/mol. The van der Waals surface area contributed by atoms with Crippen LogP contribution in [0.2, 0.25) is 0 Å². The van der Waals surface area contributed by atoms with Crippen molar-refractivity contribution in [2.45, 2.75) is 19.9 Å². The van der Waals surface area contributed by atoms with Crippen LogP contribution in [0.3, 0.4) is 0 Å². The molecule has 1 aromatic carbocycles. The maximum atomic E-state index is 12.2. The first-order valence-corrected chi connectivity index (χ1v) is 5.62. The first kappa shape index (κ1) is 14.0. The van der Waals surface area contributed by atoms with E-state index in [1.54, 1.807) is 38.1 Å². The van der Waals surface area contributed by atoms with E-state index in [-0.39, 0.29) is 18.5 Å². The van der Waals surface area contributed by atoms with Crippen molar-refractivity contribution in [2.75, 3.05) is 13.7 Å². The van der Waals surface area contributed by atoms with Crippen LogP contribution in [0.4, 0.5) is 0 Å². The number of carboxylic acids is 1. The molecule has 0 radical (unpaired) electrons. The third-order valence-electron chi connectivity index (χ3n) is 2.51. The number of hydrogen-bond acceptors (Lipinski definition) is 3. The van der Waals surface area contributed by atoms with Gasteiger partial charge in [-0.05, 0) is 32.0 Å². The van der Waals surface area contributed by atoms with Crippen molar-refractivity contribution in [3.05, 3.63) is 29.8 Å². The van der Waals surface area contributed by atoms with E-state index in [1.165, 1.54) is 12.0 Å². The van der Waals surface area contributed by atoms with Crippen LogP contribution in [-0.2, 0) is 4.79 Å². The smallest absolute Gasteiger partial charge is 0.323 e. The second-order valence-electron chi connectivity index (χ2n) is 4.15. The maximum absolute atomic E-state index is 12.2. The molecule has 0 aliphatic rings. The molecule has 1 aromatic rings. The minimum absolute atomic E-state index is 0.181. The first-order valence-electron chi connectivity index (χ1n) is 5.62. The summed E-state index contributed by atoms with van der Waals surface area (Å²) in [6, 6.07) is 6.49. The molecule has 0 aliphatic carbocycles. The molecule has 0 aromatic heterocycles. The van der Waals surface area contributed by atoms with Crippen LogP contribution in [0.1, 0.15) is 24.2 Å². The largest absolute Gasteiger partial charge is 0.497 e. The monoisotopic (exact) mass is 251 g/mol. The van der Waals surface area contributed by atoms with Crippen molar-refractivity contribution in [3.63, 3.8) is 0 Å². The number of carbonyl (C=O) groups is 2. The summed E-state index contributed by atoms with van der Waals surface area (Å²) in [5.74, 6) is -0.772. The molecule has 0 atom stereocenters. The summed E-state index contributed by atoms with van der Waals surface area (Å²) in [5, 5.41) is 8.81. The van der Waals surface area contributed by atoms with Gasteiger partial charge in [0.15, 0.2) is 0 Å². The summed E-state index contributed by atoms with van der Waals surface area (Å²) in [6.45, 7) is 3.25. The Labute approximate surface area is 106 Å². The zero-order chi connectivity index (χ0) is 13.7. The molecule has 0 saturated heterocycles. The molecule has 5 heteroatoms. The Hall–Kier alpha value is -2.04. The highest BCUT2D eigenvalue weighted by Crippen LogP contribution is 2.15. The second kappa shape index (κ2) is 6.05. The van der Waals surface area contributed by atoms with E-state index in [0.717, 1.165) is 0 Å². The van der Waals surface area contributed by atoms with Gasteiger partial charge in [0.05, 0.1) is 7.11 Å². The van der Waals surface area contributed by atoms with E-state index in [1.807, 2.05) is 0 Å². The molecule has 98 valence electrons. The maximum Gasteiger partial charge on any atom is 0.323 e. The summed E-state index contributed by atoms with van der Waals surface area (Å²) < 4.78 is 5.04. The summed E-state index contributed by atoms with van der Waals surface area (Å²) >= 11 is 0. The van der Waals surface area contributed by atoms with Crippen LogP contribution in [0.15, 0.2) is 24.3 Å². The molecule has 18 heavy (non-hydrogen) atoms. The number of amides is 1. The number of methoxy groups -OCH3 is 1. The lowest BCUT2D eigenvalue weighted by Gasteiger charge is -2.25. The fourth-order valence-corrected chi connectivity index (χ4v) is 1.56. The van der Waals surface area contributed by atoms with Gasteiger partial charge in [-0.15, -0.1) is 0 Å². The van der Waals surface area contributed by atoms with Crippen LogP contribution in [0, 0.1) is 0 Å². The minimum Gasteiger partial charge on any atom is -0.497 e. The summed E-state index contributed by atoms with van der Waals surface area (Å²) in [6.07, 6.45) is 0. The van der Waals surface area contributed by atoms with Crippen LogP contribution >= 0.6 is 0 Å². The molecule has 0 fully saturated rings. The number of hydrogen-bond donors (Lipinski definition) is 1. The SMILES string of the molecule is COc1cccc(C(=O)N(CC(=O)O)C(C)C)c1. The fraction of sp³-hybridized carbons (Fsp3) is 0.385. The molecule has 0 spiro atoms. The average molecular weight is 251 g/mol. The molecule has 1 amide bonds. The molecule has 0 bridgehead atoms. The van der Waals surface area contributed by atoms with E-state index in [4.69, 9.17) is 9.84 Å². The first-order chi connectivity index (χ1) is 8.45. The van der Waals surface area contributed by atoms with Crippen molar-refractivity contribution in [3.8, 4) is 5.75 Å².